The molecule has 0 aliphatic carbocycles. The van der Waals surface area contributed by atoms with Crippen LogP contribution in [0, 0.1) is 13.8 Å². The van der Waals surface area contributed by atoms with E-state index in [2.05, 4.69) is 14.9 Å². The van der Waals surface area contributed by atoms with Gasteiger partial charge in [-0.15, -0.1) is 0 Å². The zero-order chi connectivity index (χ0) is 11.6. The van der Waals surface area contributed by atoms with E-state index in [0.29, 0.717) is 11.4 Å². The first-order chi connectivity index (χ1) is 6.84. The van der Waals surface area contributed by atoms with E-state index in [4.69, 9.17) is 5.73 Å². The zero-order valence-corrected chi connectivity index (χ0v) is 9.18. The van der Waals surface area contributed by atoms with Gasteiger partial charge < -0.3 is 5.73 Å². The van der Waals surface area contributed by atoms with E-state index in [9.17, 15) is 13.2 Å². The molecule has 4 N–H and O–H groups in total. The van der Waals surface area contributed by atoms with Crippen molar-refractivity contribution in [2.24, 2.45) is 5.73 Å². The van der Waals surface area contributed by atoms with Crippen molar-refractivity contribution in [3.8, 4) is 0 Å². The Bertz CT molecular complexity index is 457. The smallest absolute Gasteiger partial charge is 0.244 e. The maximum Gasteiger partial charge on any atom is 0.244 e. The van der Waals surface area contributed by atoms with Crippen LogP contribution in [0.15, 0.2) is 4.90 Å². The second-order valence-electron chi connectivity index (χ2n) is 3.05. The van der Waals surface area contributed by atoms with Gasteiger partial charge in [0.25, 0.3) is 0 Å². The Morgan fingerprint density at radius 3 is 2.53 bits per heavy atom. The number of sulfonamides is 1. The van der Waals surface area contributed by atoms with E-state index in [1.165, 1.54) is 0 Å². The summed E-state index contributed by atoms with van der Waals surface area (Å²) in [6.07, 6.45) is 0. The number of primary amides is 1. The summed E-state index contributed by atoms with van der Waals surface area (Å²) < 4.78 is 25.4. The molecule has 0 unspecified atom stereocenters. The summed E-state index contributed by atoms with van der Waals surface area (Å²) in [6, 6.07) is 0. The summed E-state index contributed by atoms with van der Waals surface area (Å²) in [6.45, 7) is 2.72. The highest BCUT2D eigenvalue weighted by atomic mass is 32.2. The summed E-state index contributed by atoms with van der Waals surface area (Å²) in [4.78, 5) is 10.5. The first kappa shape index (κ1) is 11.7. The van der Waals surface area contributed by atoms with Gasteiger partial charge in [0.15, 0.2) is 0 Å². The highest BCUT2D eigenvalue weighted by Gasteiger charge is 2.22. The average molecular weight is 232 g/mol. The predicted octanol–water partition coefficient (Wildman–Crippen LogP) is -1.21. The van der Waals surface area contributed by atoms with Crippen LogP contribution in [0.1, 0.15) is 11.4 Å². The van der Waals surface area contributed by atoms with Crippen LogP contribution >= 0.6 is 0 Å². The first-order valence-corrected chi connectivity index (χ1v) is 5.62. The van der Waals surface area contributed by atoms with Crippen molar-refractivity contribution >= 4 is 15.9 Å². The molecule has 1 amide bonds. The summed E-state index contributed by atoms with van der Waals surface area (Å²) in [5.41, 5.74) is 5.61. The third-order valence-electron chi connectivity index (χ3n) is 1.77. The number of nitrogens with two attached hydrogens (primary N) is 1. The molecule has 1 aromatic rings. The molecule has 0 aliphatic rings. The second-order valence-corrected chi connectivity index (χ2v) is 4.76. The number of aromatic nitrogens is 2. The second kappa shape index (κ2) is 3.99. The van der Waals surface area contributed by atoms with Crippen LogP contribution in [0.5, 0.6) is 0 Å². The Labute approximate surface area is 87.1 Å². The van der Waals surface area contributed by atoms with Crippen LogP contribution in [-0.4, -0.2) is 31.1 Å². The van der Waals surface area contributed by atoms with Gasteiger partial charge in [0.1, 0.15) is 4.90 Å². The van der Waals surface area contributed by atoms with Crippen molar-refractivity contribution in [2.45, 2.75) is 18.7 Å². The predicted molar refractivity (Wildman–Crippen MR) is 52.4 cm³/mol. The molecule has 0 fully saturated rings. The minimum Gasteiger partial charge on any atom is -0.369 e. The van der Waals surface area contributed by atoms with Gasteiger partial charge in [-0.05, 0) is 13.8 Å². The van der Waals surface area contributed by atoms with Crippen LogP contribution < -0.4 is 10.5 Å². The molecular formula is C7H12N4O3S. The fourth-order valence-corrected chi connectivity index (χ4v) is 2.53. The largest absolute Gasteiger partial charge is 0.369 e. The first-order valence-electron chi connectivity index (χ1n) is 4.14. The van der Waals surface area contributed by atoms with Crippen LogP contribution in [0.3, 0.4) is 0 Å². The highest BCUT2D eigenvalue weighted by molar-refractivity contribution is 7.89. The standard InChI is InChI=1S/C7H12N4O3S/c1-4-7(5(2)11-10-4)15(13,14)9-3-6(8)12/h9H,3H2,1-2H3,(H2,8,12)(H,10,11). The van der Waals surface area contributed by atoms with Crippen molar-refractivity contribution in [1.29, 1.82) is 0 Å². The van der Waals surface area contributed by atoms with Gasteiger partial charge in [-0.2, -0.15) is 5.10 Å². The topological polar surface area (TPSA) is 118 Å². The fraction of sp³-hybridized carbons (Fsp3) is 0.429. The number of rotatable bonds is 4. The SMILES string of the molecule is Cc1n[nH]c(C)c1S(=O)(=O)NCC(N)=O. The Balaban J connectivity index is 3.01. The summed E-state index contributed by atoms with van der Waals surface area (Å²) in [5, 5.41) is 6.29. The van der Waals surface area contributed by atoms with Crippen LogP contribution in [0.25, 0.3) is 0 Å². The fourth-order valence-electron chi connectivity index (χ4n) is 1.17. The number of hydrogen-bond acceptors (Lipinski definition) is 4. The van der Waals surface area contributed by atoms with Crippen molar-refractivity contribution in [3.05, 3.63) is 11.4 Å². The Morgan fingerprint density at radius 2 is 2.13 bits per heavy atom. The van der Waals surface area contributed by atoms with E-state index in [1.807, 2.05) is 0 Å². The maximum absolute atomic E-state index is 11.7. The molecule has 8 heteroatoms. The number of carbonyl (C=O) groups is 1. The molecule has 1 heterocycles. The van der Waals surface area contributed by atoms with Gasteiger partial charge >= 0.3 is 0 Å². The van der Waals surface area contributed by atoms with Crippen molar-refractivity contribution in [1.82, 2.24) is 14.9 Å². The number of H-pyrrole nitrogens is 1. The van der Waals surface area contributed by atoms with Crippen LogP contribution in [-0.2, 0) is 14.8 Å². The third-order valence-corrected chi connectivity index (χ3v) is 3.43. The minimum atomic E-state index is -3.72. The molecule has 1 rings (SSSR count). The number of aromatic amines is 1. The monoisotopic (exact) mass is 232 g/mol. The number of nitrogens with one attached hydrogen (secondary N) is 2. The average Bonchev–Trinajstić information content (AvgIpc) is 2.43. The molecular weight excluding hydrogens is 220 g/mol. The van der Waals surface area contributed by atoms with E-state index in [-0.39, 0.29) is 4.90 Å². The summed E-state index contributed by atoms with van der Waals surface area (Å²) in [5.74, 6) is -0.739. The van der Waals surface area contributed by atoms with Crippen LogP contribution in [0.4, 0.5) is 0 Å². The Hall–Kier alpha value is -1.41. The Kier molecular flexibility index (Phi) is 3.10. The van der Waals surface area contributed by atoms with Crippen molar-refractivity contribution < 1.29 is 13.2 Å². The number of carbonyl (C=O) groups excluding carboxylic acids is 1. The van der Waals surface area contributed by atoms with E-state index in [1.54, 1.807) is 13.8 Å². The van der Waals surface area contributed by atoms with Gasteiger partial charge in [-0.25, -0.2) is 13.1 Å². The minimum absolute atomic E-state index is 0.0590. The lowest BCUT2D eigenvalue weighted by Gasteiger charge is -2.04. The lowest BCUT2D eigenvalue weighted by Crippen LogP contribution is -2.33. The maximum atomic E-state index is 11.7. The molecule has 15 heavy (non-hydrogen) atoms. The van der Waals surface area contributed by atoms with E-state index < -0.39 is 22.5 Å². The third kappa shape index (κ3) is 2.54. The normalized spacial score (nSPS) is 11.6. The van der Waals surface area contributed by atoms with E-state index >= 15 is 0 Å². The van der Waals surface area contributed by atoms with E-state index in [0.717, 1.165) is 0 Å². The van der Waals surface area contributed by atoms with Crippen LogP contribution in [0.2, 0.25) is 0 Å². The molecule has 0 aliphatic heterocycles. The molecule has 84 valence electrons. The lowest BCUT2D eigenvalue weighted by molar-refractivity contribution is -0.116. The molecule has 0 bridgehead atoms. The molecule has 0 saturated carbocycles. The zero-order valence-electron chi connectivity index (χ0n) is 8.36. The lowest BCUT2D eigenvalue weighted by atomic mass is 10.4. The highest BCUT2D eigenvalue weighted by Crippen LogP contribution is 2.15. The van der Waals surface area contributed by atoms with Crippen molar-refractivity contribution in [2.75, 3.05) is 6.54 Å². The van der Waals surface area contributed by atoms with Gasteiger partial charge in [-0.1, -0.05) is 0 Å². The van der Waals surface area contributed by atoms with Gasteiger partial charge in [0.2, 0.25) is 15.9 Å². The van der Waals surface area contributed by atoms with Crippen molar-refractivity contribution in [3.63, 3.8) is 0 Å². The number of hydrogen-bond donors (Lipinski definition) is 3. The van der Waals surface area contributed by atoms with Gasteiger partial charge in [-0.3, -0.25) is 9.89 Å². The number of nitrogens with zero attached hydrogens (tertiary/aromatic N) is 1. The number of aryl methyl sites for hydroxylation is 2. The molecule has 0 radical (unpaired) electrons. The molecule has 0 aromatic carbocycles. The van der Waals surface area contributed by atoms with Gasteiger partial charge in [0, 0.05) is 0 Å². The molecule has 1 aromatic heterocycles. The number of amides is 1. The molecule has 0 spiro atoms. The molecule has 7 nitrogen and oxygen atoms in total. The Morgan fingerprint density at radius 1 is 1.53 bits per heavy atom. The quantitative estimate of drug-likeness (QED) is 0.603. The molecule has 0 atom stereocenters. The molecule has 0 saturated heterocycles. The van der Waals surface area contributed by atoms with Gasteiger partial charge in [0.05, 0.1) is 17.9 Å². The summed E-state index contributed by atoms with van der Waals surface area (Å²) in [7, 11) is -3.72. The summed E-state index contributed by atoms with van der Waals surface area (Å²) >= 11 is 0.